The standard InChI is InChI=1S/C25H29FN2O5/c1-16(2)10-24(29)28(14-17-6-8-19(26)9-7-17)15-20-13-21(33-27-20)18-11-22(30-3)25(32-5)23(12-18)31-4/h6-9,11-13,16H,10,14-15H2,1-5H3. The summed E-state index contributed by atoms with van der Waals surface area (Å²) < 4.78 is 35.0. The van der Waals surface area contributed by atoms with E-state index >= 15 is 0 Å². The van der Waals surface area contributed by atoms with E-state index in [0.717, 1.165) is 5.56 Å². The van der Waals surface area contributed by atoms with Gasteiger partial charge in [0, 0.05) is 24.6 Å². The summed E-state index contributed by atoms with van der Waals surface area (Å²) in [6.45, 7) is 4.59. The third kappa shape index (κ3) is 6.03. The van der Waals surface area contributed by atoms with Gasteiger partial charge in [-0.25, -0.2) is 4.39 Å². The van der Waals surface area contributed by atoms with E-state index in [1.165, 1.54) is 19.2 Å². The number of carbonyl (C=O) groups excluding carboxylic acids is 1. The molecule has 0 saturated heterocycles. The number of carbonyl (C=O) groups is 1. The molecule has 0 aliphatic carbocycles. The number of hydrogen-bond donors (Lipinski definition) is 0. The highest BCUT2D eigenvalue weighted by Crippen LogP contribution is 2.41. The molecule has 0 fully saturated rings. The van der Waals surface area contributed by atoms with E-state index < -0.39 is 0 Å². The lowest BCUT2D eigenvalue weighted by molar-refractivity contribution is -0.133. The van der Waals surface area contributed by atoms with E-state index in [9.17, 15) is 9.18 Å². The lowest BCUT2D eigenvalue weighted by Crippen LogP contribution is -2.31. The number of benzene rings is 2. The second-order valence-electron chi connectivity index (χ2n) is 8.07. The Morgan fingerprint density at radius 3 is 2.18 bits per heavy atom. The first-order chi connectivity index (χ1) is 15.8. The Kier molecular flexibility index (Phi) is 7.92. The molecule has 33 heavy (non-hydrogen) atoms. The molecular formula is C25H29FN2O5. The van der Waals surface area contributed by atoms with Crippen molar-refractivity contribution in [1.82, 2.24) is 10.1 Å². The van der Waals surface area contributed by atoms with E-state index in [1.807, 2.05) is 13.8 Å². The molecule has 2 aromatic carbocycles. The minimum absolute atomic E-state index is 0.00772. The number of rotatable bonds is 10. The largest absolute Gasteiger partial charge is 0.493 e. The average molecular weight is 457 g/mol. The van der Waals surface area contributed by atoms with Crippen LogP contribution in [0.1, 0.15) is 31.5 Å². The Morgan fingerprint density at radius 1 is 1.00 bits per heavy atom. The summed E-state index contributed by atoms with van der Waals surface area (Å²) in [5.41, 5.74) is 2.13. The molecule has 1 amide bonds. The van der Waals surface area contributed by atoms with Gasteiger partial charge in [-0.15, -0.1) is 0 Å². The SMILES string of the molecule is COc1cc(-c2cc(CN(Cc3ccc(F)cc3)C(=O)CC(C)C)no2)cc(OC)c1OC. The van der Waals surface area contributed by atoms with Gasteiger partial charge in [0.2, 0.25) is 11.7 Å². The molecule has 7 nitrogen and oxygen atoms in total. The van der Waals surface area contributed by atoms with Gasteiger partial charge in [0.25, 0.3) is 0 Å². The van der Waals surface area contributed by atoms with Gasteiger partial charge in [0.05, 0.1) is 27.9 Å². The molecule has 0 N–H and O–H groups in total. The maximum Gasteiger partial charge on any atom is 0.223 e. The van der Waals surface area contributed by atoms with Crippen molar-refractivity contribution in [3.05, 3.63) is 59.5 Å². The van der Waals surface area contributed by atoms with Crippen LogP contribution in [0.25, 0.3) is 11.3 Å². The average Bonchev–Trinajstić information content (AvgIpc) is 3.27. The maximum atomic E-state index is 13.3. The summed E-state index contributed by atoms with van der Waals surface area (Å²) in [6.07, 6.45) is 0.402. The Morgan fingerprint density at radius 2 is 1.64 bits per heavy atom. The van der Waals surface area contributed by atoms with Crippen LogP contribution in [0.2, 0.25) is 0 Å². The van der Waals surface area contributed by atoms with E-state index in [4.69, 9.17) is 18.7 Å². The molecule has 0 saturated carbocycles. The molecule has 0 radical (unpaired) electrons. The van der Waals surface area contributed by atoms with Crippen LogP contribution >= 0.6 is 0 Å². The molecular weight excluding hydrogens is 427 g/mol. The highest BCUT2D eigenvalue weighted by molar-refractivity contribution is 5.76. The third-order valence-corrected chi connectivity index (χ3v) is 5.08. The van der Waals surface area contributed by atoms with Crippen LogP contribution in [0.4, 0.5) is 4.39 Å². The number of ether oxygens (including phenoxy) is 3. The Balaban J connectivity index is 1.86. The zero-order chi connectivity index (χ0) is 24.0. The van der Waals surface area contributed by atoms with Crippen molar-refractivity contribution in [2.75, 3.05) is 21.3 Å². The predicted octanol–water partition coefficient (Wildman–Crippen LogP) is 5.08. The van der Waals surface area contributed by atoms with Crippen molar-refractivity contribution in [3.8, 4) is 28.6 Å². The third-order valence-electron chi connectivity index (χ3n) is 5.08. The van der Waals surface area contributed by atoms with Gasteiger partial charge < -0.3 is 23.6 Å². The fraction of sp³-hybridized carbons (Fsp3) is 0.360. The second-order valence-corrected chi connectivity index (χ2v) is 8.07. The van der Waals surface area contributed by atoms with E-state index in [-0.39, 0.29) is 24.2 Å². The number of aromatic nitrogens is 1. The van der Waals surface area contributed by atoms with Crippen LogP contribution in [-0.2, 0) is 17.9 Å². The summed E-state index contributed by atoms with van der Waals surface area (Å²) >= 11 is 0. The normalized spacial score (nSPS) is 10.9. The molecule has 3 aromatic rings. The molecule has 1 heterocycles. The van der Waals surface area contributed by atoms with Crippen LogP contribution in [0.5, 0.6) is 17.2 Å². The zero-order valence-corrected chi connectivity index (χ0v) is 19.6. The Bertz CT molecular complexity index is 1050. The van der Waals surface area contributed by atoms with Crippen molar-refractivity contribution < 1.29 is 27.9 Å². The van der Waals surface area contributed by atoms with Crippen molar-refractivity contribution >= 4 is 5.91 Å². The molecule has 0 atom stereocenters. The highest BCUT2D eigenvalue weighted by atomic mass is 19.1. The molecule has 3 rings (SSSR count). The van der Waals surface area contributed by atoms with E-state index in [0.29, 0.717) is 47.2 Å². The summed E-state index contributed by atoms with van der Waals surface area (Å²) in [4.78, 5) is 14.6. The second kappa shape index (κ2) is 10.8. The molecule has 176 valence electrons. The lowest BCUT2D eigenvalue weighted by Gasteiger charge is -2.22. The van der Waals surface area contributed by atoms with Gasteiger partial charge in [0.1, 0.15) is 11.5 Å². The molecule has 0 spiro atoms. The lowest BCUT2D eigenvalue weighted by atomic mass is 10.1. The highest BCUT2D eigenvalue weighted by Gasteiger charge is 2.20. The number of amides is 1. The van der Waals surface area contributed by atoms with Gasteiger partial charge in [-0.1, -0.05) is 31.1 Å². The minimum Gasteiger partial charge on any atom is -0.493 e. The van der Waals surface area contributed by atoms with Crippen LogP contribution in [0.15, 0.2) is 47.0 Å². The smallest absolute Gasteiger partial charge is 0.223 e. The van der Waals surface area contributed by atoms with Gasteiger partial charge in [-0.2, -0.15) is 0 Å². The molecule has 0 aliphatic heterocycles. The van der Waals surface area contributed by atoms with Crippen molar-refractivity contribution in [2.24, 2.45) is 5.92 Å². The number of hydrogen-bond acceptors (Lipinski definition) is 6. The fourth-order valence-electron chi connectivity index (χ4n) is 3.46. The zero-order valence-electron chi connectivity index (χ0n) is 19.6. The topological polar surface area (TPSA) is 74.0 Å². The Labute approximate surface area is 193 Å². The first-order valence-corrected chi connectivity index (χ1v) is 10.6. The van der Waals surface area contributed by atoms with Gasteiger partial charge in [0.15, 0.2) is 17.3 Å². The van der Waals surface area contributed by atoms with Crippen molar-refractivity contribution in [3.63, 3.8) is 0 Å². The molecule has 0 bridgehead atoms. The van der Waals surface area contributed by atoms with Gasteiger partial charge >= 0.3 is 0 Å². The molecule has 1 aromatic heterocycles. The summed E-state index contributed by atoms with van der Waals surface area (Å²) in [5, 5.41) is 4.16. The quantitative estimate of drug-likeness (QED) is 0.424. The Hall–Kier alpha value is -3.55. The molecule has 8 heteroatoms. The van der Waals surface area contributed by atoms with Gasteiger partial charge in [-0.05, 0) is 35.7 Å². The van der Waals surface area contributed by atoms with Crippen molar-refractivity contribution in [2.45, 2.75) is 33.4 Å². The van der Waals surface area contributed by atoms with Crippen molar-refractivity contribution in [1.29, 1.82) is 0 Å². The van der Waals surface area contributed by atoms with Crippen LogP contribution in [0, 0.1) is 11.7 Å². The first-order valence-electron chi connectivity index (χ1n) is 10.6. The van der Waals surface area contributed by atoms with Crippen LogP contribution < -0.4 is 14.2 Å². The first kappa shape index (κ1) is 24.1. The van der Waals surface area contributed by atoms with E-state index in [2.05, 4.69) is 5.16 Å². The van der Waals surface area contributed by atoms with Gasteiger partial charge in [-0.3, -0.25) is 4.79 Å². The number of nitrogens with zero attached hydrogens (tertiary/aromatic N) is 2. The molecule has 0 unspecified atom stereocenters. The fourth-order valence-corrected chi connectivity index (χ4v) is 3.46. The monoisotopic (exact) mass is 456 g/mol. The van der Waals surface area contributed by atoms with Crippen LogP contribution in [0.3, 0.4) is 0 Å². The molecule has 0 aliphatic rings. The minimum atomic E-state index is -0.315. The predicted molar refractivity (Wildman–Crippen MR) is 122 cm³/mol. The number of halogens is 1. The summed E-state index contributed by atoms with van der Waals surface area (Å²) in [5.74, 6) is 1.86. The maximum absolute atomic E-state index is 13.3. The van der Waals surface area contributed by atoms with E-state index in [1.54, 1.807) is 49.5 Å². The summed E-state index contributed by atoms with van der Waals surface area (Å²) in [7, 11) is 4.62. The summed E-state index contributed by atoms with van der Waals surface area (Å²) in [6, 6.07) is 11.4. The number of methoxy groups -OCH3 is 3. The van der Waals surface area contributed by atoms with Crippen LogP contribution in [-0.4, -0.2) is 37.3 Å².